The van der Waals surface area contributed by atoms with Crippen LogP contribution in [-0.4, -0.2) is 5.78 Å². The van der Waals surface area contributed by atoms with Crippen molar-refractivity contribution in [1.29, 1.82) is 0 Å². The molecular weight excluding hydrogens is 256 g/mol. The Labute approximate surface area is 128 Å². The van der Waals surface area contributed by atoms with Crippen LogP contribution >= 0.6 is 0 Å². The van der Waals surface area contributed by atoms with E-state index in [0.29, 0.717) is 5.92 Å². The van der Waals surface area contributed by atoms with Crippen molar-refractivity contribution in [3.05, 3.63) is 59.7 Å². The topological polar surface area (TPSA) is 17.1 Å². The normalized spacial score (nSPS) is 11.7. The van der Waals surface area contributed by atoms with E-state index in [1.165, 1.54) is 5.56 Å². The molecule has 0 saturated heterocycles. The molecule has 2 rings (SSSR count). The third-order valence-corrected chi connectivity index (χ3v) is 3.72. The van der Waals surface area contributed by atoms with Crippen molar-refractivity contribution in [3.8, 4) is 11.1 Å². The molecule has 0 N–H and O–H groups in total. The molecule has 0 spiro atoms. The highest BCUT2D eigenvalue weighted by Gasteiger charge is 2.25. The van der Waals surface area contributed by atoms with Crippen molar-refractivity contribution in [2.75, 3.05) is 0 Å². The zero-order valence-corrected chi connectivity index (χ0v) is 13.6. The second-order valence-electron chi connectivity index (χ2n) is 6.90. The molecule has 0 aliphatic rings. The first kappa shape index (κ1) is 15.5. The van der Waals surface area contributed by atoms with Crippen LogP contribution in [0.5, 0.6) is 0 Å². The summed E-state index contributed by atoms with van der Waals surface area (Å²) in [5, 5.41) is 0. The summed E-state index contributed by atoms with van der Waals surface area (Å²) in [5.41, 5.74) is 3.89. The lowest BCUT2D eigenvalue weighted by Gasteiger charge is -2.19. The Morgan fingerprint density at radius 3 is 2.24 bits per heavy atom. The van der Waals surface area contributed by atoms with Gasteiger partial charge in [-0.15, -0.1) is 0 Å². The fourth-order valence-electron chi connectivity index (χ4n) is 2.40. The maximum atomic E-state index is 12.7. The fraction of sp³-hybridized carbons (Fsp3) is 0.350. The monoisotopic (exact) mass is 280 g/mol. The van der Waals surface area contributed by atoms with Gasteiger partial charge in [-0.2, -0.15) is 0 Å². The number of carbonyl (C=O) groups is 1. The van der Waals surface area contributed by atoms with Crippen LogP contribution in [0.4, 0.5) is 0 Å². The molecule has 0 bridgehead atoms. The quantitative estimate of drug-likeness (QED) is 0.658. The van der Waals surface area contributed by atoms with Crippen molar-refractivity contribution in [1.82, 2.24) is 0 Å². The second kappa shape index (κ2) is 5.85. The van der Waals surface area contributed by atoms with Gasteiger partial charge < -0.3 is 0 Å². The lowest BCUT2D eigenvalue weighted by molar-refractivity contribution is 0.0859. The molecule has 0 aliphatic heterocycles. The van der Waals surface area contributed by atoms with Gasteiger partial charge in [-0.05, 0) is 22.6 Å². The lowest BCUT2D eigenvalue weighted by Crippen LogP contribution is -2.20. The first-order chi connectivity index (χ1) is 9.80. The van der Waals surface area contributed by atoms with E-state index in [0.717, 1.165) is 16.7 Å². The Morgan fingerprint density at radius 2 is 1.62 bits per heavy atom. The van der Waals surface area contributed by atoms with Crippen LogP contribution in [0, 0.1) is 5.41 Å². The third kappa shape index (κ3) is 3.41. The van der Waals surface area contributed by atoms with Gasteiger partial charge in [0.1, 0.15) is 0 Å². The number of ketones is 1. The van der Waals surface area contributed by atoms with Gasteiger partial charge in [0.05, 0.1) is 0 Å². The van der Waals surface area contributed by atoms with Gasteiger partial charge in [0, 0.05) is 11.0 Å². The van der Waals surface area contributed by atoms with Crippen molar-refractivity contribution in [2.24, 2.45) is 5.41 Å². The van der Waals surface area contributed by atoms with Crippen LogP contribution in [-0.2, 0) is 0 Å². The molecule has 2 aromatic rings. The van der Waals surface area contributed by atoms with Gasteiger partial charge in [0.25, 0.3) is 0 Å². The summed E-state index contributed by atoms with van der Waals surface area (Å²) in [7, 11) is 0. The standard InChI is InChI=1S/C20H24O/c1-14(2)15-9-8-10-16(13-15)17-11-6-7-12-18(17)19(21)20(3,4)5/h6-14H,1-5H3. The molecule has 2 aromatic carbocycles. The highest BCUT2D eigenvalue weighted by atomic mass is 16.1. The van der Waals surface area contributed by atoms with E-state index in [2.05, 4.69) is 38.1 Å². The minimum atomic E-state index is -0.369. The molecule has 110 valence electrons. The van der Waals surface area contributed by atoms with Crippen molar-refractivity contribution >= 4 is 5.78 Å². The molecule has 0 unspecified atom stereocenters. The van der Waals surface area contributed by atoms with Gasteiger partial charge in [-0.25, -0.2) is 0 Å². The Bertz CT molecular complexity index is 645. The maximum absolute atomic E-state index is 12.7. The predicted octanol–water partition coefficient (Wildman–Crippen LogP) is 5.71. The van der Waals surface area contributed by atoms with Crippen LogP contribution in [0.2, 0.25) is 0 Å². The molecule has 21 heavy (non-hydrogen) atoms. The summed E-state index contributed by atoms with van der Waals surface area (Å²) in [5.74, 6) is 0.670. The Kier molecular flexibility index (Phi) is 4.32. The number of rotatable bonds is 3. The average Bonchev–Trinajstić information content (AvgIpc) is 2.45. The molecule has 1 nitrogen and oxygen atoms in total. The maximum Gasteiger partial charge on any atom is 0.168 e. The van der Waals surface area contributed by atoms with Crippen LogP contribution in [0.15, 0.2) is 48.5 Å². The summed E-state index contributed by atoms with van der Waals surface area (Å²) in [4.78, 5) is 12.7. The smallest absolute Gasteiger partial charge is 0.168 e. The van der Waals surface area contributed by atoms with E-state index >= 15 is 0 Å². The number of benzene rings is 2. The summed E-state index contributed by atoms with van der Waals surface area (Å²) >= 11 is 0. The van der Waals surface area contributed by atoms with Gasteiger partial charge >= 0.3 is 0 Å². The molecule has 0 amide bonds. The van der Waals surface area contributed by atoms with Crippen LogP contribution in [0.1, 0.15) is 56.5 Å². The molecule has 0 heterocycles. The molecule has 0 fully saturated rings. The molecular formula is C20H24O. The number of hydrogen-bond acceptors (Lipinski definition) is 1. The molecule has 0 atom stereocenters. The van der Waals surface area contributed by atoms with Crippen molar-refractivity contribution in [3.63, 3.8) is 0 Å². The Hall–Kier alpha value is -1.89. The van der Waals surface area contributed by atoms with Crippen LogP contribution in [0.3, 0.4) is 0 Å². The molecule has 0 saturated carbocycles. The van der Waals surface area contributed by atoms with Gasteiger partial charge in [-0.1, -0.05) is 83.1 Å². The SMILES string of the molecule is CC(C)c1cccc(-c2ccccc2C(=O)C(C)(C)C)c1. The van der Waals surface area contributed by atoms with E-state index in [-0.39, 0.29) is 11.2 Å². The first-order valence-corrected chi connectivity index (χ1v) is 7.55. The third-order valence-electron chi connectivity index (χ3n) is 3.72. The van der Waals surface area contributed by atoms with Crippen molar-refractivity contribution in [2.45, 2.75) is 40.5 Å². The highest BCUT2D eigenvalue weighted by Crippen LogP contribution is 2.31. The summed E-state index contributed by atoms with van der Waals surface area (Å²) in [6.45, 7) is 10.3. The number of Topliss-reactive ketones (excluding diaryl/α,β-unsaturated/α-hetero) is 1. The zero-order valence-electron chi connectivity index (χ0n) is 13.6. The van der Waals surface area contributed by atoms with Gasteiger partial charge in [-0.3, -0.25) is 4.79 Å². The number of hydrogen-bond donors (Lipinski definition) is 0. The summed E-state index contributed by atoms with van der Waals surface area (Å²) in [6.07, 6.45) is 0. The van der Waals surface area contributed by atoms with Crippen LogP contribution < -0.4 is 0 Å². The Balaban J connectivity index is 2.55. The van der Waals surface area contributed by atoms with E-state index in [4.69, 9.17) is 0 Å². The average molecular weight is 280 g/mol. The first-order valence-electron chi connectivity index (χ1n) is 7.55. The Morgan fingerprint density at radius 1 is 0.952 bits per heavy atom. The number of carbonyl (C=O) groups excluding carboxylic acids is 1. The predicted molar refractivity (Wildman–Crippen MR) is 89.8 cm³/mol. The summed E-state index contributed by atoms with van der Waals surface area (Å²) in [6, 6.07) is 16.4. The molecule has 0 aromatic heterocycles. The van der Waals surface area contributed by atoms with Crippen LogP contribution in [0.25, 0.3) is 11.1 Å². The van der Waals surface area contributed by atoms with E-state index < -0.39 is 0 Å². The lowest BCUT2D eigenvalue weighted by atomic mass is 9.83. The minimum Gasteiger partial charge on any atom is -0.294 e. The van der Waals surface area contributed by atoms with E-state index in [1.54, 1.807) is 0 Å². The highest BCUT2D eigenvalue weighted by molar-refractivity contribution is 6.05. The largest absolute Gasteiger partial charge is 0.294 e. The van der Waals surface area contributed by atoms with Gasteiger partial charge in [0.2, 0.25) is 0 Å². The fourth-order valence-corrected chi connectivity index (χ4v) is 2.40. The van der Waals surface area contributed by atoms with E-state index in [9.17, 15) is 4.79 Å². The molecule has 0 aliphatic carbocycles. The van der Waals surface area contributed by atoms with Crippen molar-refractivity contribution < 1.29 is 4.79 Å². The molecule has 1 heteroatoms. The summed E-state index contributed by atoms with van der Waals surface area (Å²) < 4.78 is 0. The van der Waals surface area contributed by atoms with E-state index in [1.807, 2.05) is 45.0 Å². The molecule has 0 radical (unpaired) electrons. The zero-order chi connectivity index (χ0) is 15.6. The second-order valence-corrected chi connectivity index (χ2v) is 6.90. The minimum absolute atomic E-state index is 0.188. The van der Waals surface area contributed by atoms with Gasteiger partial charge in [0.15, 0.2) is 5.78 Å².